The van der Waals surface area contributed by atoms with Crippen molar-refractivity contribution in [2.45, 2.75) is 18.9 Å². The summed E-state index contributed by atoms with van der Waals surface area (Å²) in [6, 6.07) is 4.46. The lowest BCUT2D eigenvalue weighted by atomic mass is 10.0. The van der Waals surface area contributed by atoms with E-state index in [0.29, 0.717) is 24.7 Å². The first-order valence-electron chi connectivity index (χ1n) is 5.92. The van der Waals surface area contributed by atoms with E-state index >= 15 is 0 Å². The van der Waals surface area contributed by atoms with Crippen LogP contribution in [0.1, 0.15) is 12.0 Å². The highest BCUT2D eigenvalue weighted by atomic mass is 35.5. The minimum Gasteiger partial charge on any atom is -0.379 e. The summed E-state index contributed by atoms with van der Waals surface area (Å²) in [7, 11) is 0. The summed E-state index contributed by atoms with van der Waals surface area (Å²) in [6.07, 6.45) is 0.369. The third kappa shape index (κ3) is 3.51. The quantitative estimate of drug-likeness (QED) is 0.910. The highest BCUT2D eigenvalue weighted by Crippen LogP contribution is 2.20. The van der Waals surface area contributed by atoms with E-state index in [4.69, 9.17) is 16.3 Å². The highest BCUT2D eigenvalue weighted by molar-refractivity contribution is 6.31. The number of Topliss-reactive ketones (excluding diaryl/α,β-unsaturated/α-hetero) is 1. The first-order valence-corrected chi connectivity index (χ1v) is 6.30. The Balaban J connectivity index is 1.94. The van der Waals surface area contributed by atoms with Crippen LogP contribution in [0.15, 0.2) is 18.2 Å². The molecule has 1 aromatic carbocycles. The standard InChI is InChI=1S/C13H15ClFNO2/c14-12-2-1-3-13(15)11(12)7-10(17)6-9-8-18-5-4-16-9/h1-3,9,16H,4-8H2. The van der Waals surface area contributed by atoms with Crippen molar-refractivity contribution in [3.05, 3.63) is 34.6 Å². The molecule has 0 saturated carbocycles. The van der Waals surface area contributed by atoms with Gasteiger partial charge in [-0.1, -0.05) is 17.7 Å². The molecule has 0 aromatic heterocycles. The minimum atomic E-state index is -0.427. The Bertz CT molecular complexity index is 413. The van der Waals surface area contributed by atoms with E-state index in [-0.39, 0.29) is 23.8 Å². The second-order valence-corrected chi connectivity index (χ2v) is 4.75. The Hall–Kier alpha value is -0.970. The first kappa shape index (κ1) is 13.5. The van der Waals surface area contributed by atoms with Crippen molar-refractivity contribution in [3.63, 3.8) is 0 Å². The molecule has 1 unspecified atom stereocenters. The SMILES string of the molecule is O=C(Cc1c(F)cccc1Cl)CC1COCCN1. The topological polar surface area (TPSA) is 38.3 Å². The molecule has 0 radical (unpaired) electrons. The number of carbonyl (C=O) groups is 1. The van der Waals surface area contributed by atoms with Crippen LogP contribution >= 0.6 is 11.6 Å². The summed E-state index contributed by atoms with van der Waals surface area (Å²) >= 11 is 5.88. The number of rotatable bonds is 4. The maximum absolute atomic E-state index is 13.5. The van der Waals surface area contributed by atoms with Crippen molar-refractivity contribution < 1.29 is 13.9 Å². The molecule has 0 amide bonds. The molecule has 0 bridgehead atoms. The van der Waals surface area contributed by atoms with Crippen LogP contribution in [0.3, 0.4) is 0 Å². The van der Waals surface area contributed by atoms with Crippen molar-refractivity contribution in [3.8, 4) is 0 Å². The van der Waals surface area contributed by atoms with Gasteiger partial charge in [-0.3, -0.25) is 4.79 Å². The zero-order chi connectivity index (χ0) is 13.0. The van der Waals surface area contributed by atoms with Crippen molar-refractivity contribution in [1.82, 2.24) is 5.32 Å². The van der Waals surface area contributed by atoms with Crippen LogP contribution in [-0.4, -0.2) is 31.6 Å². The molecule has 1 atom stereocenters. The van der Waals surface area contributed by atoms with Crippen molar-refractivity contribution >= 4 is 17.4 Å². The Labute approximate surface area is 110 Å². The van der Waals surface area contributed by atoms with Gasteiger partial charge in [0, 0.05) is 36.0 Å². The van der Waals surface area contributed by atoms with Crippen LogP contribution in [0, 0.1) is 5.82 Å². The fourth-order valence-corrected chi connectivity index (χ4v) is 2.23. The van der Waals surface area contributed by atoms with Crippen LogP contribution in [0.25, 0.3) is 0 Å². The van der Waals surface area contributed by atoms with Gasteiger partial charge in [-0.05, 0) is 12.1 Å². The van der Waals surface area contributed by atoms with E-state index in [1.54, 1.807) is 6.07 Å². The lowest BCUT2D eigenvalue weighted by Crippen LogP contribution is -2.42. The molecule has 1 aliphatic rings. The minimum absolute atomic E-state index is 0.0248. The Morgan fingerprint density at radius 1 is 1.56 bits per heavy atom. The van der Waals surface area contributed by atoms with Gasteiger partial charge in [0.2, 0.25) is 0 Å². The molecular formula is C13H15ClFNO2. The Morgan fingerprint density at radius 3 is 3.06 bits per heavy atom. The lowest BCUT2D eigenvalue weighted by Gasteiger charge is -2.23. The van der Waals surface area contributed by atoms with Gasteiger partial charge in [0.25, 0.3) is 0 Å². The van der Waals surface area contributed by atoms with Crippen molar-refractivity contribution in [2.24, 2.45) is 0 Å². The largest absolute Gasteiger partial charge is 0.379 e. The van der Waals surface area contributed by atoms with Gasteiger partial charge in [-0.2, -0.15) is 0 Å². The third-order valence-electron chi connectivity index (χ3n) is 2.91. The van der Waals surface area contributed by atoms with Gasteiger partial charge in [0.1, 0.15) is 11.6 Å². The maximum Gasteiger partial charge on any atom is 0.139 e. The van der Waals surface area contributed by atoms with Crippen LogP contribution in [-0.2, 0) is 16.0 Å². The molecule has 2 rings (SSSR count). The zero-order valence-electron chi connectivity index (χ0n) is 9.92. The maximum atomic E-state index is 13.5. The summed E-state index contributed by atoms with van der Waals surface area (Å²) in [5.41, 5.74) is 0.279. The summed E-state index contributed by atoms with van der Waals surface area (Å²) in [5, 5.41) is 3.49. The van der Waals surface area contributed by atoms with E-state index in [1.165, 1.54) is 12.1 Å². The van der Waals surface area contributed by atoms with Crippen LogP contribution < -0.4 is 5.32 Å². The fraction of sp³-hybridized carbons (Fsp3) is 0.462. The Kier molecular flexibility index (Phi) is 4.69. The highest BCUT2D eigenvalue weighted by Gasteiger charge is 2.18. The van der Waals surface area contributed by atoms with Gasteiger partial charge >= 0.3 is 0 Å². The number of halogens is 2. The molecule has 1 N–H and O–H groups in total. The van der Waals surface area contributed by atoms with Crippen molar-refractivity contribution in [1.29, 1.82) is 0 Å². The molecule has 5 heteroatoms. The molecule has 1 aromatic rings. The first-order chi connectivity index (χ1) is 8.66. The second kappa shape index (κ2) is 6.27. The molecule has 0 spiro atoms. The number of nitrogens with one attached hydrogen (secondary N) is 1. The van der Waals surface area contributed by atoms with Crippen LogP contribution in [0.4, 0.5) is 4.39 Å². The van der Waals surface area contributed by atoms with Gasteiger partial charge in [-0.25, -0.2) is 4.39 Å². The van der Waals surface area contributed by atoms with Gasteiger partial charge in [0.15, 0.2) is 0 Å². The predicted molar refractivity (Wildman–Crippen MR) is 67.3 cm³/mol. The number of ketones is 1. The summed E-state index contributed by atoms with van der Waals surface area (Å²) < 4.78 is 18.8. The molecule has 3 nitrogen and oxygen atoms in total. The molecule has 1 fully saturated rings. The third-order valence-corrected chi connectivity index (χ3v) is 3.26. The molecule has 18 heavy (non-hydrogen) atoms. The van der Waals surface area contributed by atoms with E-state index < -0.39 is 5.82 Å². The number of hydrogen-bond acceptors (Lipinski definition) is 3. The molecule has 1 saturated heterocycles. The lowest BCUT2D eigenvalue weighted by molar-refractivity contribution is -0.119. The van der Waals surface area contributed by atoms with Crippen LogP contribution in [0.2, 0.25) is 5.02 Å². The molecule has 0 aliphatic carbocycles. The fourth-order valence-electron chi connectivity index (χ4n) is 2.00. The van der Waals surface area contributed by atoms with E-state index in [2.05, 4.69) is 5.32 Å². The average Bonchev–Trinajstić information content (AvgIpc) is 2.35. The Morgan fingerprint density at radius 2 is 2.39 bits per heavy atom. The molecular weight excluding hydrogens is 257 g/mol. The monoisotopic (exact) mass is 271 g/mol. The number of carbonyl (C=O) groups excluding carboxylic acids is 1. The number of benzene rings is 1. The van der Waals surface area contributed by atoms with Crippen molar-refractivity contribution in [2.75, 3.05) is 19.8 Å². The van der Waals surface area contributed by atoms with E-state index in [0.717, 1.165) is 6.54 Å². The smallest absolute Gasteiger partial charge is 0.139 e. The summed E-state index contributed by atoms with van der Waals surface area (Å²) in [6.45, 7) is 1.94. The van der Waals surface area contributed by atoms with E-state index in [1.807, 2.05) is 0 Å². The van der Waals surface area contributed by atoms with Gasteiger partial charge < -0.3 is 10.1 Å². The number of hydrogen-bond donors (Lipinski definition) is 1. The number of morpholine rings is 1. The summed E-state index contributed by atoms with van der Waals surface area (Å²) in [5.74, 6) is -0.464. The number of ether oxygens (including phenoxy) is 1. The second-order valence-electron chi connectivity index (χ2n) is 4.35. The van der Waals surface area contributed by atoms with Gasteiger partial charge in [-0.15, -0.1) is 0 Å². The molecule has 1 aliphatic heterocycles. The molecule has 1 heterocycles. The average molecular weight is 272 g/mol. The van der Waals surface area contributed by atoms with Crippen LogP contribution in [0.5, 0.6) is 0 Å². The van der Waals surface area contributed by atoms with E-state index in [9.17, 15) is 9.18 Å². The molecule has 98 valence electrons. The predicted octanol–water partition coefficient (Wildman–Crippen LogP) is 1.97. The zero-order valence-corrected chi connectivity index (χ0v) is 10.7. The summed E-state index contributed by atoms with van der Waals surface area (Å²) in [4.78, 5) is 11.9. The van der Waals surface area contributed by atoms with Gasteiger partial charge in [0.05, 0.1) is 13.2 Å². The normalized spacial score (nSPS) is 19.8.